The molecule has 1 atom stereocenters. The fraction of sp³-hybridized carbons (Fsp3) is 0.600. The predicted molar refractivity (Wildman–Crippen MR) is 121 cm³/mol. The summed E-state index contributed by atoms with van der Waals surface area (Å²) in [6, 6.07) is 8.29. The fourth-order valence-corrected chi connectivity index (χ4v) is 3.10. The van der Waals surface area contributed by atoms with Crippen molar-refractivity contribution in [2.24, 2.45) is 4.99 Å². The summed E-state index contributed by atoms with van der Waals surface area (Å²) in [6.45, 7) is 4.85. The van der Waals surface area contributed by atoms with Crippen LogP contribution in [0.25, 0.3) is 0 Å². The molecular weight excluding hydrogens is 455 g/mol. The maximum atomic E-state index is 12.1. The summed E-state index contributed by atoms with van der Waals surface area (Å²) in [6.07, 6.45) is 5.86. The molecule has 0 spiro atoms. The van der Waals surface area contributed by atoms with Crippen molar-refractivity contribution < 1.29 is 9.53 Å². The van der Waals surface area contributed by atoms with Crippen LogP contribution in [0.4, 0.5) is 0 Å². The van der Waals surface area contributed by atoms with Crippen molar-refractivity contribution in [3.05, 3.63) is 29.8 Å². The molecule has 0 saturated heterocycles. The van der Waals surface area contributed by atoms with Crippen LogP contribution < -0.4 is 20.7 Å². The summed E-state index contributed by atoms with van der Waals surface area (Å²) in [5.41, 5.74) is 1.11. The summed E-state index contributed by atoms with van der Waals surface area (Å²) < 4.78 is 5.94. The first-order valence-corrected chi connectivity index (χ1v) is 9.54. The van der Waals surface area contributed by atoms with E-state index in [9.17, 15) is 4.79 Å². The Morgan fingerprint density at radius 3 is 2.59 bits per heavy atom. The van der Waals surface area contributed by atoms with Crippen molar-refractivity contribution in [3.8, 4) is 5.75 Å². The van der Waals surface area contributed by atoms with E-state index >= 15 is 0 Å². The molecule has 0 bridgehead atoms. The molecule has 1 aliphatic rings. The molecule has 1 aliphatic carbocycles. The van der Waals surface area contributed by atoms with Crippen LogP contribution in [0.15, 0.2) is 29.3 Å². The minimum Gasteiger partial charge on any atom is -0.489 e. The van der Waals surface area contributed by atoms with Crippen molar-refractivity contribution in [1.29, 1.82) is 0 Å². The van der Waals surface area contributed by atoms with Crippen LogP contribution in [0.3, 0.4) is 0 Å². The number of guanidine groups is 1. The zero-order valence-electron chi connectivity index (χ0n) is 16.6. The number of halogens is 1. The molecular formula is C20H33IN4O2. The lowest BCUT2D eigenvalue weighted by molar-refractivity contribution is -0.120. The molecule has 152 valence electrons. The summed E-state index contributed by atoms with van der Waals surface area (Å²) in [4.78, 5) is 16.2. The minimum absolute atomic E-state index is 0. The smallest absolute Gasteiger partial charge is 0.239 e. The largest absolute Gasteiger partial charge is 0.489 e. The number of hydrogen-bond acceptors (Lipinski definition) is 3. The van der Waals surface area contributed by atoms with Gasteiger partial charge in [0.15, 0.2) is 5.96 Å². The SMILES string of the molecule is CN=C(NCC(=O)NC1CCCCC1)NCC(C)Oc1ccccc1C.I. The van der Waals surface area contributed by atoms with Gasteiger partial charge in [0, 0.05) is 13.1 Å². The predicted octanol–water partition coefficient (Wildman–Crippen LogP) is 2.99. The molecule has 0 aliphatic heterocycles. The Balaban J connectivity index is 0.00000364. The number of ether oxygens (including phenoxy) is 1. The van der Waals surface area contributed by atoms with Gasteiger partial charge in [0.05, 0.1) is 13.1 Å². The fourth-order valence-electron chi connectivity index (χ4n) is 3.10. The van der Waals surface area contributed by atoms with Gasteiger partial charge in [-0.1, -0.05) is 37.5 Å². The molecule has 1 unspecified atom stereocenters. The summed E-state index contributed by atoms with van der Waals surface area (Å²) in [5, 5.41) is 9.36. The van der Waals surface area contributed by atoms with Gasteiger partial charge in [-0.15, -0.1) is 24.0 Å². The number of amides is 1. The normalized spacial score (nSPS) is 16.0. The van der Waals surface area contributed by atoms with E-state index in [1.165, 1.54) is 19.3 Å². The molecule has 1 saturated carbocycles. The van der Waals surface area contributed by atoms with E-state index in [0.29, 0.717) is 18.5 Å². The zero-order valence-corrected chi connectivity index (χ0v) is 18.9. The molecule has 6 nitrogen and oxygen atoms in total. The third kappa shape index (κ3) is 8.81. The lowest BCUT2D eigenvalue weighted by Gasteiger charge is -2.23. The standard InChI is InChI=1S/C20H32N4O2.HI/c1-15-9-7-8-12-18(15)26-16(2)13-22-20(21-3)23-14-19(25)24-17-10-5-4-6-11-17;/h7-9,12,16-17H,4-6,10-11,13-14H2,1-3H3,(H,24,25)(H2,21,22,23);1H. The van der Waals surface area contributed by atoms with Crippen LogP contribution in [-0.2, 0) is 4.79 Å². The van der Waals surface area contributed by atoms with Crippen molar-refractivity contribution in [2.75, 3.05) is 20.1 Å². The van der Waals surface area contributed by atoms with Gasteiger partial charge in [-0.05, 0) is 38.3 Å². The van der Waals surface area contributed by atoms with E-state index in [0.717, 1.165) is 24.2 Å². The molecule has 1 amide bonds. The second-order valence-electron chi connectivity index (χ2n) is 6.90. The third-order valence-corrected chi connectivity index (χ3v) is 4.59. The number of carbonyl (C=O) groups excluding carboxylic acids is 1. The number of nitrogens with zero attached hydrogens (tertiary/aromatic N) is 1. The number of benzene rings is 1. The number of aryl methyl sites for hydroxylation is 1. The molecule has 2 rings (SSSR count). The maximum Gasteiger partial charge on any atom is 0.239 e. The van der Waals surface area contributed by atoms with E-state index in [1.54, 1.807) is 7.05 Å². The Morgan fingerprint density at radius 2 is 1.93 bits per heavy atom. The second-order valence-corrected chi connectivity index (χ2v) is 6.90. The van der Waals surface area contributed by atoms with E-state index in [2.05, 4.69) is 20.9 Å². The first kappa shape index (κ1) is 23.5. The lowest BCUT2D eigenvalue weighted by Crippen LogP contribution is -2.47. The van der Waals surface area contributed by atoms with E-state index in [1.807, 2.05) is 38.1 Å². The monoisotopic (exact) mass is 488 g/mol. The number of hydrogen-bond donors (Lipinski definition) is 3. The van der Waals surface area contributed by atoms with Crippen LogP contribution in [0.2, 0.25) is 0 Å². The van der Waals surface area contributed by atoms with E-state index < -0.39 is 0 Å². The van der Waals surface area contributed by atoms with Crippen LogP contribution in [-0.4, -0.2) is 44.1 Å². The van der Waals surface area contributed by atoms with Gasteiger partial charge >= 0.3 is 0 Å². The highest BCUT2D eigenvalue weighted by atomic mass is 127. The van der Waals surface area contributed by atoms with Gasteiger partial charge < -0.3 is 20.7 Å². The van der Waals surface area contributed by atoms with Crippen molar-refractivity contribution in [3.63, 3.8) is 0 Å². The Kier molecular flexibility index (Phi) is 11.2. The molecule has 1 fully saturated rings. The van der Waals surface area contributed by atoms with Gasteiger partial charge in [-0.25, -0.2) is 0 Å². The topological polar surface area (TPSA) is 74.8 Å². The Morgan fingerprint density at radius 1 is 1.22 bits per heavy atom. The molecule has 7 heteroatoms. The van der Waals surface area contributed by atoms with Crippen molar-refractivity contribution >= 4 is 35.8 Å². The maximum absolute atomic E-state index is 12.1. The second kappa shape index (κ2) is 12.8. The van der Waals surface area contributed by atoms with Crippen molar-refractivity contribution in [1.82, 2.24) is 16.0 Å². The zero-order chi connectivity index (χ0) is 18.8. The molecule has 3 N–H and O–H groups in total. The first-order valence-electron chi connectivity index (χ1n) is 9.54. The van der Waals surface area contributed by atoms with Gasteiger partial charge in [-0.3, -0.25) is 9.79 Å². The average molecular weight is 488 g/mol. The Labute approximate surface area is 179 Å². The molecule has 0 radical (unpaired) electrons. The van der Waals surface area contributed by atoms with Crippen molar-refractivity contribution in [2.45, 2.75) is 58.1 Å². The Bertz CT molecular complexity index is 603. The van der Waals surface area contributed by atoms with Crippen LogP contribution in [0.1, 0.15) is 44.6 Å². The van der Waals surface area contributed by atoms with Crippen LogP contribution >= 0.6 is 24.0 Å². The Hall–Kier alpha value is -1.51. The molecule has 27 heavy (non-hydrogen) atoms. The minimum atomic E-state index is -0.0225. The molecule has 0 heterocycles. The van der Waals surface area contributed by atoms with Crippen LogP contribution in [0.5, 0.6) is 5.75 Å². The summed E-state index contributed by atoms with van der Waals surface area (Å²) in [7, 11) is 1.70. The lowest BCUT2D eigenvalue weighted by atomic mass is 9.95. The number of aliphatic imine (C=N–C) groups is 1. The summed E-state index contributed by atoms with van der Waals surface area (Å²) in [5.74, 6) is 1.50. The number of nitrogens with one attached hydrogen (secondary N) is 3. The molecule has 1 aromatic carbocycles. The number of carbonyl (C=O) groups is 1. The van der Waals surface area contributed by atoms with E-state index in [4.69, 9.17) is 4.74 Å². The van der Waals surface area contributed by atoms with Gasteiger partial charge in [0.1, 0.15) is 11.9 Å². The number of para-hydroxylation sites is 1. The molecule has 1 aromatic rings. The highest BCUT2D eigenvalue weighted by molar-refractivity contribution is 14.0. The summed E-state index contributed by atoms with van der Waals surface area (Å²) >= 11 is 0. The van der Waals surface area contributed by atoms with Gasteiger partial charge in [0.2, 0.25) is 5.91 Å². The third-order valence-electron chi connectivity index (χ3n) is 4.59. The van der Waals surface area contributed by atoms with Gasteiger partial charge in [-0.2, -0.15) is 0 Å². The highest BCUT2D eigenvalue weighted by Crippen LogP contribution is 2.18. The van der Waals surface area contributed by atoms with Crippen LogP contribution in [0, 0.1) is 6.92 Å². The number of rotatable bonds is 7. The highest BCUT2D eigenvalue weighted by Gasteiger charge is 2.15. The first-order chi connectivity index (χ1) is 12.6. The average Bonchev–Trinajstić information content (AvgIpc) is 2.64. The van der Waals surface area contributed by atoms with E-state index in [-0.39, 0.29) is 42.5 Å². The molecule has 0 aromatic heterocycles. The van der Waals surface area contributed by atoms with Gasteiger partial charge in [0.25, 0.3) is 0 Å². The quantitative estimate of drug-likeness (QED) is 0.314.